The van der Waals surface area contributed by atoms with Crippen molar-refractivity contribution in [3.05, 3.63) is 41.4 Å². The van der Waals surface area contributed by atoms with Crippen molar-refractivity contribution in [2.24, 2.45) is 0 Å². The van der Waals surface area contributed by atoms with Crippen LogP contribution < -0.4 is 21.1 Å². The highest BCUT2D eigenvalue weighted by Gasteiger charge is 2.25. The van der Waals surface area contributed by atoms with E-state index in [1.165, 1.54) is 35.6 Å². The predicted octanol–water partition coefficient (Wildman–Crippen LogP) is -0.288. The smallest absolute Gasteiger partial charge is 0.323 e. The number of hydrogen-bond acceptors (Lipinski definition) is 8. The fraction of sp³-hybridized carbons (Fsp3) is 0.333. The van der Waals surface area contributed by atoms with Gasteiger partial charge in [0.2, 0.25) is 21.8 Å². The van der Waals surface area contributed by atoms with Gasteiger partial charge in [0.15, 0.2) is 5.13 Å². The Balaban J connectivity index is 1.73. The molecule has 2 rings (SSSR count). The Bertz CT molecular complexity index is 1010. The molecule has 31 heavy (non-hydrogen) atoms. The number of aryl methyl sites for hydroxylation is 1. The van der Waals surface area contributed by atoms with Crippen LogP contribution in [0.3, 0.4) is 0 Å². The van der Waals surface area contributed by atoms with Crippen LogP contribution in [0.2, 0.25) is 0 Å². The molecule has 0 saturated heterocycles. The molecule has 1 heterocycles. The van der Waals surface area contributed by atoms with Crippen molar-refractivity contribution < 1.29 is 27.9 Å². The summed E-state index contributed by atoms with van der Waals surface area (Å²) in [6, 6.07) is 5.69. The molecule has 6 N–H and O–H groups in total. The molecule has 0 saturated carbocycles. The Kier molecular flexibility index (Phi) is 8.90. The predicted molar refractivity (Wildman–Crippen MR) is 114 cm³/mol. The van der Waals surface area contributed by atoms with Crippen LogP contribution in [0.25, 0.3) is 0 Å². The molecule has 11 nitrogen and oxygen atoms in total. The molecular weight excluding hydrogens is 446 g/mol. The molecule has 0 bridgehead atoms. The molecule has 1 aromatic heterocycles. The Morgan fingerprint density at radius 1 is 1.13 bits per heavy atom. The molecule has 2 aromatic rings. The summed E-state index contributed by atoms with van der Waals surface area (Å²) in [6.07, 6.45) is 1.29. The van der Waals surface area contributed by atoms with Crippen LogP contribution in [-0.2, 0) is 30.8 Å². The molecule has 168 valence electrons. The minimum absolute atomic E-state index is 0.0971. The summed E-state index contributed by atoms with van der Waals surface area (Å²) in [5, 5.41) is 16.2. The van der Waals surface area contributed by atoms with Gasteiger partial charge in [0.05, 0.1) is 17.1 Å². The number of hydrogen-bond donors (Lipinski definition) is 5. The van der Waals surface area contributed by atoms with Crippen LogP contribution in [0, 0.1) is 0 Å². The van der Waals surface area contributed by atoms with Crippen LogP contribution >= 0.6 is 11.3 Å². The number of amides is 2. The maximum atomic E-state index is 12.3. The van der Waals surface area contributed by atoms with Crippen molar-refractivity contribution in [3.8, 4) is 0 Å². The van der Waals surface area contributed by atoms with E-state index in [2.05, 4.69) is 15.6 Å². The summed E-state index contributed by atoms with van der Waals surface area (Å²) in [5.41, 5.74) is 6.33. The first-order chi connectivity index (χ1) is 14.7. The first-order valence-electron chi connectivity index (χ1n) is 9.21. The maximum absolute atomic E-state index is 12.3. The minimum atomic E-state index is -4.07. The van der Waals surface area contributed by atoms with E-state index < -0.39 is 34.5 Å². The summed E-state index contributed by atoms with van der Waals surface area (Å²) in [5.74, 6) is -2.45. The number of carboxylic acids is 1. The number of nitrogens with zero attached hydrogens (tertiary/aromatic N) is 1. The summed E-state index contributed by atoms with van der Waals surface area (Å²) in [6.45, 7) is -0.846. The van der Waals surface area contributed by atoms with Crippen molar-refractivity contribution >= 4 is 44.3 Å². The summed E-state index contributed by atoms with van der Waals surface area (Å²) in [7, 11) is -4.07. The number of aromatic nitrogens is 1. The van der Waals surface area contributed by atoms with Gasteiger partial charge in [0.25, 0.3) is 0 Å². The molecule has 0 aliphatic rings. The lowest BCUT2D eigenvalue weighted by Crippen LogP contribution is -2.49. The van der Waals surface area contributed by atoms with E-state index in [0.717, 1.165) is 5.69 Å². The van der Waals surface area contributed by atoms with Gasteiger partial charge >= 0.3 is 5.97 Å². The number of carbonyl (C=O) groups is 3. The summed E-state index contributed by atoms with van der Waals surface area (Å²) < 4.78 is 26.5. The van der Waals surface area contributed by atoms with Gasteiger partial charge in [-0.25, -0.2) is 13.4 Å². The average Bonchev–Trinajstić information content (AvgIpc) is 3.15. The van der Waals surface area contributed by atoms with E-state index >= 15 is 0 Å². The van der Waals surface area contributed by atoms with Crippen molar-refractivity contribution in [2.75, 3.05) is 18.8 Å². The second-order valence-electron chi connectivity index (χ2n) is 6.44. The Morgan fingerprint density at radius 3 is 2.45 bits per heavy atom. The molecule has 1 atom stereocenters. The molecule has 1 aromatic carbocycles. The third kappa shape index (κ3) is 8.32. The van der Waals surface area contributed by atoms with Crippen molar-refractivity contribution in [1.29, 1.82) is 0 Å². The monoisotopic (exact) mass is 469 g/mol. The third-order valence-corrected chi connectivity index (χ3v) is 6.22. The summed E-state index contributed by atoms with van der Waals surface area (Å²) in [4.78, 5) is 39.1. The number of sulfonamides is 1. The van der Waals surface area contributed by atoms with Gasteiger partial charge in [-0.05, 0) is 25.0 Å². The fourth-order valence-corrected chi connectivity index (χ4v) is 4.26. The number of nitrogens with two attached hydrogens (primary N) is 1. The quantitative estimate of drug-likeness (QED) is 0.281. The maximum Gasteiger partial charge on any atom is 0.323 e. The molecule has 0 fully saturated rings. The zero-order valence-electron chi connectivity index (χ0n) is 16.4. The summed E-state index contributed by atoms with van der Waals surface area (Å²) >= 11 is 1.32. The lowest BCUT2D eigenvalue weighted by atomic mass is 10.2. The van der Waals surface area contributed by atoms with Gasteiger partial charge < -0.3 is 21.5 Å². The number of rotatable bonds is 12. The standard InChI is InChI=1S/C18H23N5O6S2/c19-18-22-12(11-30-18)5-4-8-15(24)21-10-16(25)20-9-14(17(26)27)23-31(28,29)13-6-2-1-3-7-13/h1-3,6-7,11,14,23H,4-5,8-10H2,(H2,19,22)(H,20,25)(H,21,24)(H,26,27)/t14-/m0/s1. The number of thiazole rings is 1. The van der Waals surface area contributed by atoms with Crippen molar-refractivity contribution in [2.45, 2.75) is 30.2 Å². The number of aliphatic carboxylic acids is 1. The number of benzene rings is 1. The number of carboxylic acid groups (broad SMARTS) is 1. The lowest BCUT2D eigenvalue weighted by Gasteiger charge is -2.15. The van der Waals surface area contributed by atoms with E-state index in [0.29, 0.717) is 18.0 Å². The second-order valence-corrected chi connectivity index (χ2v) is 9.04. The SMILES string of the molecule is Nc1nc(CCCC(=O)NCC(=O)NC[C@H](NS(=O)(=O)c2ccccc2)C(=O)O)cs1. The van der Waals surface area contributed by atoms with Gasteiger partial charge in [0, 0.05) is 18.3 Å². The third-order valence-electron chi connectivity index (χ3n) is 4.00. The van der Waals surface area contributed by atoms with Crippen LogP contribution in [0.4, 0.5) is 5.13 Å². The largest absolute Gasteiger partial charge is 0.480 e. The average molecular weight is 470 g/mol. The molecule has 0 unspecified atom stereocenters. The first kappa shape index (κ1) is 24.2. The van der Waals surface area contributed by atoms with Crippen molar-refractivity contribution in [3.63, 3.8) is 0 Å². The van der Waals surface area contributed by atoms with Crippen LogP contribution in [0.5, 0.6) is 0 Å². The minimum Gasteiger partial charge on any atom is -0.480 e. The van der Waals surface area contributed by atoms with Gasteiger partial charge in [-0.15, -0.1) is 11.3 Å². The van der Waals surface area contributed by atoms with Gasteiger partial charge in [0.1, 0.15) is 6.04 Å². The van der Waals surface area contributed by atoms with E-state index in [-0.39, 0.29) is 23.8 Å². The Hall–Kier alpha value is -3.03. The van der Waals surface area contributed by atoms with E-state index in [9.17, 15) is 27.9 Å². The highest BCUT2D eigenvalue weighted by molar-refractivity contribution is 7.89. The molecule has 0 aliphatic heterocycles. The molecule has 0 spiro atoms. The zero-order chi connectivity index (χ0) is 22.9. The lowest BCUT2D eigenvalue weighted by molar-refractivity contribution is -0.139. The fourth-order valence-electron chi connectivity index (χ4n) is 2.45. The molecular formula is C18H23N5O6S2. The molecule has 0 radical (unpaired) electrons. The van der Waals surface area contributed by atoms with Gasteiger partial charge in [-0.3, -0.25) is 14.4 Å². The van der Waals surface area contributed by atoms with Crippen LogP contribution in [-0.4, -0.2) is 55.4 Å². The van der Waals surface area contributed by atoms with E-state index in [1.54, 1.807) is 6.07 Å². The highest BCUT2D eigenvalue weighted by Crippen LogP contribution is 2.13. The second kappa shape index (κ2) is 11.4. The Labute approximate surface area is 183 Å². The first-order valence-corrected chi connectivity index (χ1v) is 11.6. The number of anilines is 1. The zero-order valence-corrected chi connectivity index (χ0v) is 18.0. The molecule has 0 aliphatic carbocycles. The molecule has 13 heteroatoms. The topological polar surface area (TPSA) is 181 Å². The van der Waals surface area contributed by atoms with Crippen LogP contribution in [0.1, 0.15) is 18.5 Å². The number of carbonyl (C=O) groups excluding carboxylic acids is 2. The van der Waals surface area contributed by atoms with E-state index in [1.807, 2.05) is 10.1 Å². The normalized spacial score (nSPS) is 12.1. The van der Waals surface area contributed by atoms with Crippen molar-refractivity contribution in [1.82, 2.24) is 20.3 Å². The van der Waals surface area contributed by atoms with Crippen LogP contribution in [0.15, 0.2) is 40.6 Å². The highest BCUT2D eigenvalue weighted by atomic mass is 32.2. The number of nitrogen functional groups attached to an aromatic ring is 1. The Morgan fingerprint density at radius 2 is 1.84 bits per heavy atom. The van der Waals surface area contributed by atoms with Gasteiger partial charge in [-0.2, -0.15) is 4.72 Å². The number of nitrogens with one attached hydrogen (secondary N) is 3. The van der Waals surface area contributed by atoms with Gasteiger partial charge in [-0.1, -0.05) is 18.2 Å². The molecule has 2 amide bonds. The van der Waals surface area contributed by atoms with E-state index in [4.69, 9.17) is 5.73 Å².